The zero-order valence-corrected chi connectivity index (χ0v) is 14.9. The van der Waals surface area contributed by atoms with Crippen LogP contribution >= 0.6 is 11.8 Å². The third-order valence-electron chi connectivity index (χ3n) is 4.02. The molecule has 1 heterocycles. The summed E-state index contributed by atoms with van der Waals surface area (Å²) >= 11 is 1.63. The number of anilines is 2. The third-order valence-corrected chi connectivity index (χ3v) is 6.36. The molecule has 0 fully saturated rings. The molecule has 1 unspecified atom stereocenters. The van der Waals surface area contributed by atoms with Crippen LogP contribution in [0, 0.1) is 13.8 Å². The Hall–Kier alpha value is -1.50. The molecule has 0 radical (unpaired) electrons. The fourth-order valence-electron chi connectivity index (χ4n) is 2.99. The average molecular weight is 349 g/mol. The Morgan fingerprint density at radius 3 is 2.57 bits per heavy atom. The summed E-state index contributed by atoms with van der Waals surface area (Å²) in [5.41, 5.74) is 3.74. The minimum absolute atomic E-state index is 0.296. The lowest BCUT2D eigenvalue weighted by molar-refractivity contribution is 0.464. The number of fused-ring (bicyclic) bond motifs is 2. The van der Waals surface area contributed by atoms with E-state index in [0.717, 1.165) is 32.3 Å². The predicted octanol–water partition coefficient (Wildman–Crippen LogP) is 4.53. The van der Waals surface area contributed by atoms with Crippen molar-refractivity contribution >= 4 is 33.3 Å². The second-order valence-electron chi connectivity index (χ2n) is 5.74. The molecule has 0 aromatic heterocycles. The fraction of sp³-hybridized carbons (Fsp3) is 0.294. The van der Waals surface area contributed by atoms with E-state index >= 15 is 0 Å². The van der Waals surface area contributed by atoms with Crippen molar-refractivity contribution in [1.29, 1.82) is 0 Å². The largest absolute Gasteiger partial charge is 0.319 e. The molecule has 122 valence electrons. The van der Waals surface area contributed by atoms with Gasteiger partial charge in [0.15, 0.2) is 5.37 Å². The molecule has 1 atom stereocenters. The van der Waals surface area contributed by atoms with Crippen LogP contribution in [-0.2, 0) is 10.1 Å². The molecule has 0 spiro atoms. The van der Waals surface area contributed by atoms with Crippen molar-refractivity contribution in [3.05, 3.63) is 47.5 Å². The van der Waals surface area contributed by atoms with Gasteiger partial charge >= 0.3 is 0 Å². The van der Waals surface area contributed by atoms with Gasteiger partial charge in [0.2, 0.25) is 0 Å². The van der Waals surface area contributed by atoms with E-state index in [1.54, 1.807) is 23.6 Å². The van der Waals surface area contributed by atoms with Crippen LogP contribution in [0.2, 0.25) is 0 Å². The van der Waals surface area contributed by atoms with Gasteiger partial charge < -0.3 is 4.90 Å². The fourth-order valence-corrected chi connectivity index (χ4v) is 5.03. The van der Waals surface area contributed by atoms with Gasteiger partial charge in [-0.2, -0.15) is 8.42 Å². The van der Waals surface area contributed by atoms with E-state index in [1.165, 1.54) is 0 Å². The van der Waals surface area contributed by atoms with Crippen molar-refractivity contribution in [3.8, 4) is 0 Å². The standard InChI is InChI=1S/C17H19NO3S2/c1-4-16(23(19,20)21)18-13-10-11(2)8-9-14(13)22-15-7-5-6-12(3)17(15)18/h5-10,16H,4H2,1-3H3,(H,19,20,21). The van der Waals surface area contributed by atoms with Crippen molar-refractivity contribution in [2.75, 3.05) is 4.90 Å². The van der Waals surface area contributed by atoms with Crippen molar-refractivity contribution in [2.45, 2.75) is 42.4 Å². The van der Waals surface area contributed by atoms with Gasteiger partial charge in [0.05, 0.1) is 11.4 Å². The van der Waals surface area contributed by atoms with Gasteiger partial charge in [-0.15, -0.1) is 0 Å². The highest BCUT2D eigenvalue weighted by Crippen LogP contribution is 2.51. The zero-order chi connectivity index (χ0) is 16.8. The molecule has 6 heteroatoms. The van der Waals surface area contributed by atoms with Gasteiger partial charge in [0, 0.05) is 9.79 Å². The summed E-state index contributed by atoms with van der Waals surface area (Å²) in [6.07, 6.45) is 0.296. The summed E-state index contributed by atoms with van der Waals surface area (Å²) in [6.45, 7) is 5.71. The van der Waals surface area contributed by atoms with Crippen LogP contribution in [0.5, 0.6) is 0 Å². The number of benzene rings is 2. The first-order valence-electron chi connectivity index (χ1n) is 7.46. The van der Waals surface area contributed by atoms with Crippen LogP contribution in [0.3, 0.4) is 0 Å². The van der Waals surface area contributed by atoms with Crippen LogP contribution in [0.15, 0.2) is 46.2 Å². The zero-order valence-electron chi connectivity index (χ0n) is 13.3. The van der Waals surface area contributed by atoms with Crippen LogP contribution in [-0.4, -0.2) is 18.3 Å². The molecule has 3 rings (SSSR count). The molecule has 0 bridgehead atoms. The monoisotopic (exact) mass is 349 g/mol. The van der Waals surface area contributed by atoms with Gasteiger partial charge in [-0.05, 0) is 49.6 Å². The predicted molar refractivity (Wildman–Crippen MR) is 94.2 cm³/mol. The van der Waals surface area contributed by atoms with E-state index in [4.69, 9.17) is 0 Å². The minimum Gasteiger partial charge on any atom is -0.319 e. The molecule has 23 heavy (non-hydrogen) atoms. The van der Waals surface area contributed by atoms with E-state index < -0.39 is 15.5 Å². The lowest BCUT2D eigenvalue weighted by Gasteiger charge is -2.38. The lowest BCUT2D eigenvalue weighted by Crippen LogP contribution is -2.39. The molecule has 0 saturated carbocycles. The van der Waals surface area contributed by atoms with Crippen molar-refractivity contribution in [1.82, 2.24) is 0 Å². The van der Waals surface area contributed by atoms with E-state index in [1.807, 2.05) is 50.2 Å². The van der Waals surface area contributed by atoms with Crippen molar-refractivity contribution < 1.29 is 13.0 Å². The molecule has 0 aliphatic carbocycles. The number of aryl methyl sites for hydroxylation is 2. The van der Waals surface area contributed by atoms with E-state index in [9.17, 15) is 13.0 Å². The highest BCUT2D eigenvalue weighted by Gasteiger charge is 2.35. The first kappa shape index (κ1) is 16.4. The Bertz CT molecular complexity index is 862. The Labute approximate surface area is 141 Å². The molecule has 1 aliphatic rings. The quantitative estimate of drug-likeness (QED) is 0.825. The van der Waals surface area contributed by atoms with E-state index in [0.29, 0.717) is 6.42 Å². The highest BCUT2D eigenvalue weighted by atomic mass is 32.2. The number of hydrogen-bond acceptors (Lipinski definition) is 4. The molecule has 0 saturated heterocycles. The molecular weight excluding hydrogens is 330 g/mol. The molecule has 2 aromatic rings. The number of para-hydroxylation sites is 1. The first-order chi connectivity index (χ1) is 10.8. The van der Waals surface area contributed by atoms with E-state index in [-0.39, 0.29) is 0 Å². The Morgan fingerprint density at radius 1 is 1.17 bits per heavy atom. The van der Waals surface area contributed by atoms with Gasteiger partial charge in [0.1, 0.15) is 0 Å². The molecule has 2 aromatic carbocycles. The third kappa shape index (κ3) is 2.86. The van der Waals surface area contributed by atoms with Gasteiger partial charge in [-0.1, -0.05) is 36.9 Å². The Kier molecular flexibility index (Phi) is 4.16. The summed E-state index contributed by atoms with van der Waals surface area (Å²) in [5.74, 6) is 0. The maximum atomic E-state index is 12.0. The van der Waals surface area contributed by atoms with Gasteiger partial charge in [-0.25, -0.2) is 0 Å². The number of hydrogen-bond donors (Lipinski definition) is 1. The van der Waals surface area contributed by atoms with Gasteiger partial charge in [-0.3, -0.25) is 4.55 Å². The van der Waals surface area contributed by atoms with Gasteiger partial charge in [0.25, 0.3) is 10.1 Å². The topological polar surface area (TPSA) is 57.6 Å². The normalized spacial score (nSPS) is 15.0. The maximum absolute atomic E-state index is 12.0. The average Bonchev–Trinajstić information content (AvgIpc) is 2.46. The number of rotatable bonds is 3. The van der Waals surface area contributed by atoms with Crippen molar-refractivity contribution in [3.63, 3.8) is 0 Å². The number of nitrogens with zero attached hydrogens (tertiary/aromatic N) is 1. The second kappa shape index (κ2) is 5.85. The lowest BCUT2D eigenvalue weighted by atomic mass is 10.1. The van der Waals surface area contributed by atoms with Crippen LogP contribution in [0.25, 0.3) is 0 Å². The summed E-state index contributed by atoms with van der Waals surface area (Å²) in [7, 11) is -4.21. The highest BCUT2D eigenvalue weighted by molar-refractivity contribution is 7.99. The second-order valence-corrected chi connectivity index (χ2v) is 8.40. The minimum atomic E-state index is -4.21. The maximum Gasteiger partial charge on any atom is 0.286 e. The molecular formula is C17H19NO3S2. The van der Waals surface area contributed by atoms with E-state index in [2.05, 4.69) is 0 Å². The summed E-state index contributed by atoms with van der Waals surface area (Å²) in [4.78, 5) is 3.78. The SMILES string of the molecule is CCC(N1c2cc(C)ccc2Sc2cccc(C)c21)S(=O)(=O)O. The summed E-state index contributed by atoms with van der Waals surface area (Å²) in [6, 6.07) is 11.9. The van der Waals surface area contributed by atoms with Crippen LogP contribution < -0.4 is 4.90 Å². The van der Waals surface area contributed by atoms with Crippen LogP contribution in [0.1, 0.15) is 24.5 Å². The smallest absolute Gasteiger partial charge is 0.286 e. The molecule has 0 amide bonds. The summed E-state index contributed by atoms with van der Waals surface area (Å²) < 4.78 is 33.7. The Balaban J connectivity index is 2.31. The van der Waals surface area contributed by atoms with Crippen molar-refractivity contribution in [2.24, 2.45) is 0 Å². The molecule has 1 N–H and O–H groups in total. The summed E-state index contributed by atoms with van der Waals surface area (Å²) in [5, 5.41) is -0.996. The first-order valence-corrected chi connectivity index (χ1v) is 9.78. The Morgan fingerprint density at radius 2 is 1.91 bits per heavy atom. The molecule has 1 aliphatic heterocycles. The van der Waals surface area contributed by atoms with Crippen LogP contribution in [0.4, 0.5) is 11.4 Å². The molecule has 4 nitrogen and oxygen atoms in total.